The van der Waals surface area contributed by atoms with Crippen LogP contribution in [0.3, 0.4) is 0 Å². The summed E-state index contributed by atoms with van der Waals surface area (Å²) < 4.78 is 10.8. The molecule has 0 saturated carbocycles. The molecule has 0 fully saturated rings. The molecule has 2 aromatic rings. The average molecular weight is 442 g/mol. The summed E-state index contributed by atoms with van der Waals surface area (Å²) in [5.74, 6) is 2.10. The van der Waals surface area contributed by atoms with Crippen molar-refractivity contribution in [2.24, 2.45) is 4.99 Å². The molecule has 0 bridgehead atoms. The van der Waals surface area contributed by atoms with Crippen LogP contribution in [-0.2, 0) is 6.54 Å². The van der Waals surface area contributed by atoms with Crippen LogP contribution in [0, 0.1) is 0 Å². The highest BCUT2D eigenvalue weighted by Crippen LogP contribution is 2.31. The van der Waals surface area contributed by atoms with Crippen LogP contribution in [0.5, 0.6) is 11.5 Å². The number of aliphatic imine (C=N–C) groups is 1. The lowest BCUT2D eigenvalue weighted by molar-refractivity contribution is 0.0827. The van der Waals surface area contributed by atoms with E-state index in [1.165, 1.54) is 0 Å². The second kappa shape index (κ2) is 12.0. The number of likely N-dealkylation sites (N-methyl/N-ethyl adjacent to an activating group) is 1. The van der Waals surface area contributed by atoms with E-state index in [1.54, 1.807) is 40.3 Å². The maximum absolute atomic E-state index is 12.0. The first-order chi connectivity index (χ1) is 15.3. The zero-order valence-electron chi connectivity index (χ0n) is 20.1. The molecule has 0 spiro atoms. The number of guanidine groups is 1. The lowest BCUT2D eigenvalue weighted by atomic mass is 10.1. The summed E-state index contributed by atoms with van der Waals surface area (Å²) in [4.78, 5) is 20.1. The monoisotopic (exact) mass is 441 g/mol. The Labute approximate surface area is 191 Å². The molecule has 0 aliphatic rings. The third kappa shape index (κ3) is 6.62. The number of carbonyl (C=O) groups excluding carboxylic acids is 1. The van der Waals surface area contributed by atoms with Crippen molar-refractivity contribution in [2.75, 3.05) is 56.0 Å². The summed E-state index contributed by atoms with van der Waals surface area (Å²) in [6.07, 6.45) is 0. The van der Waals surface area contributed by atoms with Crippen molar-refractivity contribution in [2.45, 2.75) is 12.6 Å². The van der Waals surface area contributed by atoms with E-state index in [1.807, 2.05) is 56.6 Å². The van der Waals surface area contributed by atoms with Gasteiger partial charge in [-0.05, 0) is 49.5 Å². The summed E-state index contributed by atoms with van der Waals surface area (Å²) in [6, 6.07) is 13.6. The van der Waals surface area contributed by atoms with E-state index >= 15 is 0 Å². The Morgan fingerprint density at radius 1 is 0.969 bits per heavy atom. The van der Waals surface area contributed by atoms with Crippen LogP contribution in [-0.4, -0.2) is 77.7 Å². The zero-order valence-corrected chi connectivity index (χ0v) is 20.1. The van der Waals surface area contributed by atoms with E-state index < -0.39 is 0 Å². The Balaban J connectivity index is 2.00. The molecule has 8 heteroatoms. The molecule has 0 heterocycles. The first kappa shape index (κ1) is 25.0. The third-order valence-electron chi connectivity index (χ3n) is 5.17. The number of nitrogens with one attached hydrogen (secondary N) is 2. The van der Waals surface area contributed by atoms with Gasteiger partial charge in [-0.3, -0.25) is 9.79 Å². The fraction of sp³-hybridized carbons (Fsp3) is 0.417. The predicted octanol–water partition coefficient (Wildman–Crippen LogP) is 2.37. The van der Waals surface area contributed by atoms with Crippen LogP contribution < -0.4 is 20.1 Å². The molecule has 8 nitrogen and oxygen atoms in total. The predicted molar refractivity (Wildman–Crippen MR) is 129 cm³/mol. The van der Waals surface area contributed by atoms with E-state index in [0.717, 1.165) is 11.1 Å². The summed E-state index contributed by atoms with van der Waals surface area (Å²) in [5, 5.41) is 6.72. The van der Waals surface area contributed by atoms with E-state index in [0.29, 0.717) is 36.1 Å². The van der Waals surface area contributed by atoms with Gasteiger partial charge < -0.3 is 29.9 Å². The van der Waals surface area contributed by atoms with E-state index in [-0.39, 0.29) is 11.9 Å². The molecule has 1 amide bonds. The van der Waals surface area contributed by atoms with E-state index in [2.05, 4.69) is 20.5 Å². The molecule has 1 atom stereocenters. The molecular weight excluding hydrogens is 406 g/mol. The summed E-state index contributed by atoms with van der Waals surface area (Å²) in [6.45, 7) is 1.25. The van der Waals surface area contributed by atoms with Crippen molar-refractivity contribution in [3.8, 4) is 11.5 Å². The number of nitrogens with zero attached hydrogens (tertiary/aromatic N) is 3. The summed E-state index contributed by atoms with van der Waals surface area (Å²) in [5.41, 5.74) is 2.84. The highest BCUT2D eigenvalue weighted by molar-refractivity contribution is 5.93. The zero-order chi connectivity index (χ0) is 23.7. The maximum atomic E-state index is 12.0. The van der Waals surface area contributed by atoms with Gasteiger partial charge in [0.1, 0.15) is 0 Å². The lowest BCUT2D eigenvalue weighted by Crippen LogP contribution is -2.41. The van der Waals surface area contributed by atoms with Gasteiger partial charge in [-0.15, -0.1) is 0 Å². The molecule has 0 aromatic heterocycles. The first-order valence-electron chi connectivity index (χ1n) is 10.4. The van der Waals surface area contributed by atoms with Crippen LogP contribution >= 0.6 is 0 Å². The smallest absolute Gasteiger partial charge is 0.253 e. The topological polar surface area (TPSA) is 78.4 Å². The fourth-order valence-corrected chi connectivity index (χ4v) is 3.28. The SMILES string of the molecule is CN=C(NCc1ccc(C(=O)N(C)C)cc1)NCC(c1ccc(OC)c(OC)c1)N(C)C. The van der Waals surface area contributed by atoms with Crippen molar-refractivity contribution in [3.05, 3.63) is 59.2 Å². The lowest BCUT2D eigenvalue weighted by Gasteiger charge is -2.26. The minimum absolute atomic E-state index is 0.00752. The van der Waals surface area contributed by atoms with E-state index in [4.69, 9.17) is 9.47 Å². The molecular formula is C24H35N5O3. The van der Waals surface area contributed by atoms with Crippen molar-refractivity contribution in [3.63, 3.8) is 0 Å². The van der Waals surface area contributed by atoms with Crippen LogP contribution in [0.4, 0.5) is 0 Å². The van der Waals surface area contributed by atoms with Crippen LogP contribution in [0.25, 0.3) is 0 Å². The van der Waals surface area contributed by atoms with Gasteiger partial charge in [0.15, 0.2) is 17.5 Å². The van der Waals surface area contributed by atoms with Gasteiger partial charge in [-0.25, -0.2) is 0 Å². The Bertz CT molecular complexity index is 910. The summed E-state index contributed by atoms with van der Waals surface area (Å²) >= 11 is 0. The normalized spacial score (nSPS) is 12.3. The highest BCUT2D eigenvalue weighted by atomic mass is 16.5. The molecule has 0 aliphatic carbocycles. The average Bonchev–Trinajstić information content (AvgIpc) is 2.80. The number of methoxy groups -OCH3 is 2. The minimum atomic E-state index is -0.00752. The number of ether oxygens (including phenoxy) is 2. The fourth-order valence-electron chi connectivity index (χ4n) is 3.28. The Kier molecular flexibility index (Phi) is 9.34. The number of hydrogen-bond acceptors (Lipinski definition) is 5. The number of rotatable bonds is 9. The number of carbonyl (C=O) groups is 1. The number of benzene rings is 2. The molecule has 0 saturated heterocycles. The molecule has 0 aliphatic heterocycles. The molecule has 32 heavy (non-hydrogen) atoms. The van der Waals surface area contributed by atoms with Crippen molar-refractivity contribution >= 4 is 11.9 Å². The molecule has 174 valence electrons. The molecule has 0 radical (unpaired) electrons. The second-order valence-corrected chi connectivity index (χ2v) is 7.80. The van der Waals surface area contributed by atoms with Gasteiger partial charge in [0.25, 0.3) is 5.91 Å². The molecule has 2 rings (SSSR count). The van der Waals surface area contributed by atoms with Crippen molar-refractivity contribution in [1.29, 1.82) is 0 Å². The largest absolute Gasteiger partial charge is 0.493 e. The third-order valence-corrected chi connectivity index (χ3v) is 5.17. The van der Waals surface area contributed by atoms with E-state index in [9.17, 15) is 4.79 Å². The molecule has 2 aromatic carbocycles. The van der Waals surface area contributed by atoms with Crippen LogP contribution in [0.15, 0.2) is 47.5 Å². The van der Waals surface area contributed by atoms with Crippen LogP contribution in [0.1, 0.15) is 27.5 Å². The van der Waals surface area contributed by atoms with Crippen molar-refractivity contribution < 1.29 is 14.3 Å². The standard InChI is InChI=1S/C24H35N5O3/c1-25-24(26-15-17-8-10-18(11-9-17)23(30)29(4)5)27-16-20(28(2)3)19-12-13-21(31-6)22(14-19)32-7/h8-14,20H,15-16H2,1-7H3,(H2,25,26,27). The van der Waals surface area contributed by atoms with Gasteiger partial charge in [0, 0.05) is 39.8 Å². The van der Waals surface area contributed by atoms with Gasteiger partial charge >= 0.3 is 0 Å². The van der Waals surface area contributed by atoms with Gasteiger partial charge in [0.05, 0.1) is 20.3 Å². The Hall–Kier alpha value is -3.26. The van der Waals surface area contributed by atoms with Crippen LogP contribution in [0.2, 0.25) is 0 Å². The van der Waals surface area contributed by atoms with Gasteiger partial charge in [-0.2, -0.15) is 0 Å². The van der Waals surface area contributed by atoms with Gasteiger partial charge in [-0.1, -0.05) is 18.2 Å². The quantitative estimate of drug-likeness (QED) is 0.460. The minimum Gasteiger partial charge on any atom is -0.493 e. The van der Waals surface area contributed by atoms with Crippen molar-refractivity contribution in [1.82, 2.24) is 20.4 Å². The Morgan fingerprint density at radius 2 is 1.62 bits per heavy atom. The molecule has 1 unspecified atom stereocenters. The first-order valence-corrected chi connectivity index (χ1v) is 10.4. The maximum Gasteiger partial charge on any atom is 0.253 e. The highest BCUT2D eigenvalue weighted by Gasteiger charge is 2.17. The molecule has 2 N–H and O–H groups in total. The number of hydrogen-bond donors (Lipinski definition) is 2. The Morgan fingerprint density at radius 3 is 2.16 bits per heavy atom. The second-order valence-electron chi connectivity index (χ2n) is 7.80. The number of amides is 1. The van der Waals surface area contributed by atoms with Gasteiger partial charge in [0.2, 0.25) is 0 Å². The summed E-state index contributed by atoms with van der Waals surface area (Å²) in [7, 11) is 12.6.